The summed E-state index contributed by atoms with van der Waals surface area (Å²) in [6.45, 7) is 0.516. The Labute approximate surface area is 97.5 Å². The molecule has 1 atom stereocenters. The van der Waals surface area contributed by atoms with Crippen LogP contribution < -0.4 is 4.90 Å². The fraction of sp³-hybridized carbons (Fsp3) is 0.545. The first-order valence-corrected chi connectivity index (χ1v) is 6.28. The van der Waals surface area contributed by atoms with Crippen LogP contribution in [-0.4, -0.2) is 17.4 Å². The van der Waals surface area contributed by atoms with E-state index in [0.29, 0.717) is 13.0 Å². The minimum absolute atomic E-state index is 0.0407. The quantitative estimate of drug-likeness (QED) is 0.738. The van der Waals surface area contributed by atoms with E-state index in [1.54, 1.807) is 16.2 Å². The summed E-state index contributed by atoms with van der Waals surface area (Å²) in [6, 6.07) is 2.16. The highest BCUT2D eigenvalue weighted by molar-refractivity contribution is 7.16. The fourth-order valence-corrected chi connectivity index (χ4v) is 3.45. The highest BCUT2D eigenvalue weighted by atomic mass is 32.1. The van der Waals surface area contributed by atoms with Gasteiger partial charge in [0.2, 0.25) is 5.91 Å². The molecule has 1 aliphatic carbocycles. The number of rotatable bonds is 1. The van der Waals surface area contributed by atoms with Crippen LogP contribution in [0, 0.1) is 17.2 Å². The number of hydrogen-bond donors (Lipinski definition) is 0. The Bertz CT molecular complexity index is 466. The molecule has 0 aromatic carbocycles. The summed E-state index contributed by atoms with van der Waals surface area (Å²) < 4.78 is 0. The van der Waals surface area contributed by atoms with Gasteiger partial charge in [-0.15, -0.1) is 11.3 Å². The third-order valence-corrected chi connectivity index (χ3v) is 4.30. The van der Waals surface area contributed by atoms with E-state index in [0.717, 1.165) is 23.7 Å². The number of carbonyl (C=O) groups is 1. The van der Waals surface area contributed by atoms with Crippen LogP contribution >= 0.6 is 11.3 Å². The van der Waals surface area contributed by atoms with E-state index < -0.39 is 0 Å². The van der Waals surface area contributed by atoms with E-state index >= 15 is 0 Å². The minimum atomic E-state index is -0.161. The maximum atomic E-state index is 11.7. The number of aromatic nitrogens is 1. The van der Waals surface area contributed by atoms with E-state index in [1.165, 1.54) is 11.3 Å². The molecule has 82 valence electrons. The topological polar surface area (TPSA) is 57.0 Å². The molecule has 0 radical (unpaired) electrons. The van der Waals surface area contributed by atoms with Gasteiger partial charge in [-0.3, -0.25) is 9.69 Å². The van der Waals surface area contributed by atoms with Crippen molar-refractivity contribution < 1.29 is 4.79 Å². The summed E-state index contributed by atoms with van der Waals surface area (Å²) in [5.41, 5.74) is 1.16. The maximum Gasteiger partial charge on any atom is 0.230 e. The molecule has 16 heavy (non-hydrogen) atoms. The summed E-state index contributed by atoms with van der Waals surface area (Å²) in [5.74, 6) is -0.120. The number of anilines is 1. The van der Waals surface area contributed by atoms with Crippen LogP contribution in [0.1, 0.15) is 23.4 Å². The van der Waals surface area contributed by atoms with Crippen LogP contribution in [0.2, 0.25) is 0 Å². The predicted molar refractivity (Wildman–Crippen MR) is 60.2 cm³/mol. The van der Waals surface area contributed by atoms with E-state index in [2.05, 4.69) is 11.1 Å². The second-order valence-electron chi connectivity index (χ2n) is 4.25. The summed E-state index contributed by atoms with van der Waals surface area (Å²) in [6.07, 6.45) is 3.66. The largest absolute Gasteiger partial charge is 0.287 e. The number of hydrogen-bond acceptors (Lipinski definition) is 4. The number of aryl methyl sites for hydroxylation is 2. The Morgan fingerprint density at radius 2 is 2.38 bits per heavy atom. The van der Waals surface area contributed by atoms with Gasteiger partial charge in [-0.2, -0.15) is 5.26 Å². The average molecular weight is 233 g/mol. The van der Waals surface area contributed by atoms with Gasteiger partial charge in [-0.05, 0) is 19.3 Å². The average Bonchev–Trinajstić information content (AvgIpc) is 2.89. The molecule has 4 nitrogen and oxygen atoms in total. The second-order valence-corrected chi connectivity index (χ2v) is 5.32. The van der Waals surface area contributed by atoms with Crippen molar-refractivity contribution >= 4 is 22.4 Å². The van der Waals surface area contributed by atoms with Gasteiger partial charge in [0.05, 0.1) is 17.7 Å². The molecule has 1 aliphatic heterocycles. The first-order chi connectivity index (χ1) is 7.78. The van der Waals surface area contributed by atoms with Gasteiger partial charge in [0.1, 0.15) is 0 Å². The normalized spacial score (nSPS) is 23.6. The van der Waals surface area contributed by atoms with Crippen LogP contribution in [0.25, 0.3) is 0 Å². The van der Waals surface area contributed by atoms with E-state index in [-0.39, 0.29) is 11.8 Å². The van der Waals surface area contributed by atoms with Gasteiger partial charge in [0, 0.05) is 17.8 Å². The van der Waals surface area contributed by atoms with E-state index in [9.17, 15) is 4.79 Å². The molecular weight excluding hydrogens is 222 g/mol. The van der Waals surface area contributed by atoms with Crippen LogP contribution in [0.15, 0.2) is 0 Å². The number of carbonyl (C=O) groups excluding carboxylic acids is 1. The molecule has 2 aliphatic rings. The van der Waals surface area contributed by atoms with E-state index in [4.69, 9.17) is 5.26 Å². The molecule has 1 aromatic rings. The zero-order chi connectivity index (χ0) is 11.1. The summed E-state index contributed by atoms with van der Waals surface area (Å²) in [5, 5.41) is 9.62. The molecule has 1 saturated heterocycles. The lowest BCUT2D eigenvalue weighted by atomic mass is 10.1. The molecule has 0 spiro atoms. The Hall–Kier alpha value is -1.41. The van der Waals surface area contributed by atoms with Gasteiger partial charge in [-0.1, -0.05) is 0 Å². The first kappa shape index (κ1) is 9.79. The third-order valence-electron chi connectivity index (χ3n) is 3.12. The molecule has 2 heterocycles. The van der Waals surface area contributed by atoms with Crippen molar-refractivity contribution in [3.63, 3.8) is 0 Å². The molecule has 0 N–H and O–H groups in total. The summed E-state index contributed by atoms with van der Waals surface area (Å²) >= 11 is 1.62. The minimum Gasteiger partial charge on any atom is -0.287 e. The zero-order valence-corrected chi connectivity index (χ0v) is 9.59. The van der Waals surface area contributed by atoms with E-state index in [1.807, 2.05) is 0 Å². The van der Waals surface area contributed by atoms with Crippen molar-refractivity contribution in [1.29, 1.82) is 5.26 Å². The lowest BCUT2D eigenvalue weighted by molar-refractivity contribution is -0.117. The van der Waals surface area contributed by atoms with Crippen LogP contribution in [0.5, 0.6) is 0 Å². The molecule has 0 saturated carbocycles. The number of thiazole rings is 1. The molecule has 0 bridgehead atoms. The van der Waals surface area contributed by atoms with Gasteiger partial charge in [0.25, 0.3) is 0 Å². The van der Waals surface area contributed by atoms with Crippen molar-refractivity contribution in [2.45, 2.75) is 25.7 Å². The van der Waals surface area contributed by atoms with Crippen LogP contribution in [0.3, 0.4) is 0 Å². The Balaban J connectivity index is 1.87. The van der Waals surface area contributed by atoms with Gasteiger partial charge >= 0.3 is 0 Å². The van der Waals surface area contributed by atoms with Crippen LogP contribution in [0.4, 0.5) is 5.13 Å². The number of amides is 1. The van der Waals surface area contributed by atoms with Crippen molar-refractivity contribution in [1.82, 2.24) is 4.98 Å². The number of nitrogens with zero attached hydrogens (tertiary/aromatic N) is 3. The van der Waals surface area contributed by atoms with Gasteiger partial charge < -0.3 is 0 Å². The monoisotopic (exact) mass is 233 g/mol. The molecule has 1 aromatic heterocycles. The van der Waals surface area contributed by atoms with Gasteiger partial charge in [-0.25, -0.2) is 4.98 Å². The molecule has 5 heteroatoms. The SMILES string of the molecule is N#CC1CC(=O)N(c2nc3c(s2)CCC3)C1. The Morgan fingerprint density at radius 3 is 3.06 bits per heavy atom. The van der Waals surface area contributed by atoms with Crippen LogP contribution in [-0.2, 0) is 17.6 Å². The first-order valence-electron chi connectivity index (χ1n) is 5.46. The summed E-state index contributed by atoms with van der Waals surface area (Å²) in [7, 11) is 0. The van der Waals surface area contributed by atoms with Crippen molar-refractivity contribution in [2.24, 2.45) is 5.92 Å². The van der Waals surface area contributed by atoms with Crippen molar-refractivity contribution in [2.75, 3.05) is 11.4 Å². The molecule has 3 rings (SSSR count). The lowest BCUT2D eigenvalue weighted by Gasteiger charge is -2.10. The highest BCUT2D eigenvalue weighted by Crippen LogP contribution is 2.35. The summed E-state index contributed by atoms with van der Waals surface area (Å²) in [4.78, 5) is 19.2. The maximum absolute atomic E-state index is 11.7. The number of nitriles is 1. The lowest BCUT2D eigenvalue weighted by Crippen LogP contribution is -2.24. The second kappa shape index (κ2) is 3.56. The smallest absolute Gasteiger partial charge is 0.230 e. The third kappa shape index (κ3) is 1.41. The Morgan fingerprint density at radius 1 is 1.50 bits per heavy atom. The molecule has 1 amide bonds. The zero-order valence-electron chi connectivity index (χ0n) is 8.77. The molecule has 1 fully saturated rings. The Kier molecular flexibility index (Phi) is 2.18. The fourth-order valence-electron chi connectivity index (χ4n) is 2.27. The predicted octanol–water partition coefficient (Wildman–Crippen LogP) is 1.51. The highest BCUT2D eigenvalue weighted by Gasteiger charge is 2.33. The standard InChI is InChI=1S/C11H11N3OS/c12-5-7-4-10(15)14(6-7)11-13-8-2-1-3-9(8)16-11/h7H,1-4,6H2. The molecule has 1 unspecified atom stereocenters. The molecular formula is C11H11N3OS. The van der Waals surface area contributed by atoms with Crippen molar-refractivity contribution in [3.8, 4) is 6.07 Å². The number of fused-ring (bicyclic) bond motifs is 1. The van der Waals surface area contributed by atoms with Gasteiger partial charge in [0.15, 0.2) is 5.13 Å². The van der Waals surface area contributed by atoms with Crippen molar-refractivity contribution in [3.05, 3.63) is 10.6 Å².